The van der Waals surface area contributed by atoms with Gasteiger partial charge in [-0.1, -0.05) is 30.3 Å². The number of anilines is 1. The Morgan fingerprint density at radius 3 is 1.97 bits per heavy atom. The average Bonchev–Trinajstić information content (AvgIpc) is 2.80. The number of nitrogens with zero attached hydrogens (tertiary/aromatic N) is 2. The zero-order chi connectivity index (χ0) is 23.8. The normalized spacial score (nSPS) is 19.5. The number of amides is 1. The van der Waals surface area contributed by atoms with E-state index in [2.05, 4.69) is 0 Å². The van der Waals surface area contributed by atoms with Gasteiger partial charge in [-0.05, 0) is 54.1 Å². The third-order valence-corrected chi connectivity index (χ3v) is 7.21. The summed E-state index contributed by atoms with van der Waals surface area (Å²) in [5.74, 6) is -3.36. The van der Waals surface area contributed by atoms with Crippen molar-refractivity contribution in [2.45, 2.75) is 17.0 Å². The maximum absolute atomic E-state index is 13.6. The molecule has 3 aromatic carbocycles. The predicted octanol–water partition coefficient (Wildman–Crippen LogP) is 3.20. The highest BCUT2D eigenvalue weighted by atomic mass is 32.2. The van der Waals surface area contributed by atoms with Gasteiger partial charge in [-0.2, -0.15) is 4.31 Å². The molecule has 0 unspecified atom stereocenters. The Bertz CT molecular complexity index is 1280. The molecule has 1 aliphatic rings. The molecule has 7 nitrogen and oxygen atoms in total. The third kappa shape index (κ3) is 4.22. The lowest BCUT2D eigenvalue weighted by Gasteiger charge is -2.44. The van der Waals surface area contributed by atoms with Gasteiger partial charge in [0, 0.05) is 5.69 Å². The van der Waals surface area contributed by atoms with Crippen LogP contribution in [0.15, 0.2) is 83.8 Å². The number of halogens is 2. The Morgan fingerprint density at radius 1 is 0.879 bits per heavy atom. The standard InChI is InChI=1S/C23H18F2N2O5S/c24-16-8-6-15(7-9-16)21-22(23(29)30)26(33(31,32)19-4-2-1-3-5-19)14-20(28)27(21)18-12-10-17(25)11-13-18/h1-13,21-22H,14H2,(H,29,30)/t21-,22+/m1/s1. The Balaban J connectivity index is 1.90. The van der Waals surface area contributed by atoms with Crippen LogP contribution in [0.1, 0.15) is 11.6 Å². The molecule has 0 bridgehead atoms. The van der Waals surface area contributed by atoms with E-state index in [1.54, 1.807) is 6.07 Å². The molecule has 170 valence electrons. The molecular formula is C23H18F2N2O5S. The molecular weight excluding hydrogens is 454 g/mol. The largest absolute Gasteiger partial charge is 0.480 e. The molecule has 3 aromatic rings. The number of carboxylic acid groups (broad SMARTS) is 1. The molecule has 1 aliphatic heterocycles. The zero-order valence-corrected chi connectivity index (χ0v) is 17.8. The smallest absolute Gasteiger partial charge is 0.324 e. The first-order chi connectivity index (χ1) is 15.7. The first-order valence-electron chi connectivity index (χ1n) is 9.83. The van der Waals surface area contributed by atoms with Gasteiger partial charge in [0.05, 0.1) is 17.5 Å². The molecule has 1 saturated heterocycles. The van der Waals surface area contributed by atoms with Crippen molar-refractivity contribution in [2.24, 2.45) is 0 Å². The SMILES string of the molecule is O=C(O)[C@@H]1[C@@H](c2ccc(F)cc2)N(c2ccc(F)cc2)C(=O)CN1S(=O)(=O)c1ccccc1. The van der Waals surface area contributed by atoms with Crippen molar-refractivity contribution in [3.8, 4) is 0 Å². The Labute approximate surface area is 188 Å². The average molecular weight is 472 g/mol. The van der Waals surface area contributed by atoms with Crippen LogP contribution >= 0.6 is 0 Å². The van der Waals surface area contributed by atoms with Crippen molar-refractivity contribution in [1.82, 2.24) is 4.31 Å². The van der Waals surface area contributed by atoms with Gasteiger partial charge in [0.15, 0.2) is 0 Å². The van der Waals surface area contributed by atoms with E-state index in [4.69, 9.17) is 0 Å². The molecule has 4 rings (SSSR count). The van der Waals surface area contributed by atoms with Gasteiger partial charge in [0.25, 0.3) is 0 Å². The molecule has 0 aromatic heterocycles. The summed E-state index contributed by atoms with van der Waals surface area (Å²) < 4.78 is 54.4. The molecule has 1 amide bonds. The van der Waals surface area contributed by atoms with Crippen molar-refractivity contribution >= 4 is 27.6 Å². The summed E-state index contributed by atoms with van der Waals surface area (Å²) in [5.41, 5.74) is 0.383. The van der Waals surface area contributed by atoms with E-state index < -0.39 is 52.2 Å². The van der Waals surface area contributed by atoms with Crippen molar-refractivity contribution in [1.29, 1.82) is 0 Å². The maximum Gasteiger partial charge on any atom is 0.324 e. The van der Waals surface area contributed by atoms with E-state index in [1.807, 2.05) is 0 Å². The van der Waals surface area contributed by atoms with E-state index >= 15 is 0 Å². The van der Waals surface area contributed by atoms with Crippen molar-refractivity contribution < 1.29 is 31.9 Å². The minimum Gasteiger partial charge on any atom is -0.480 e. The van der Waals surface area contributed by atoms with Gasteiger partial charge in [0.1, 0.15) is 17.7 Å². The van der Waals surface area contributed by atoms with Gasteiger partial charge in [0.2, 0.25) is 15.9 Å². The van der Waals surface area contributed by atoms with Crippen LogP contribution in [-0.4, -0.2) is 42.3 Å². The highest BCUT2D eigenvalue weighted by Gasteiger charge is 2.50. The zero-order valence-electron chi connectivity index (χ0n) is 17.0. The number of hydrogen-bond donors (Lipinski definition) is 1. The van der Waals surface area contributed by atoms with Gasteiger partial charge in [-0.25, -0.2) is 17.2 Å². The lowest BCUT2D eigenvalue weighted by molar-refractivity contribution is -0.144. The summed E-state index contributed by atoms with van der Waals surface area (Å²) in [4.78, 5) is 26.6. The summed E-state index contributed by atoms with van der Waals surface area (Å²) >= 11 is 0. The molecule has 0 aliphatic carbocycles. The fourth-order valence-corrected chi connectivity index (χ4v) is 5.44. The van der Waals surface area contributed by atoms with E-state index in [9.17, 15) is 31.9 Å². The number of carbonyl (C=O) groups excluding carboxylic acids is 1. The third-order valence-electron chi connectivity index (χ3n) is 5.37. The Hall–Kier alpha value is -3.63. The number of carbonyl (C=O) groups is 2. The summed E-state index contributed by atoms with van der Waals surface area (Å²) in [6, 6.07) is 13.7. The van der Waals surface area contributed by atoms with E-state index in [0.717, 1.165) is 29.2 Å². The molecule has 0 spiro atoms. The van der Waals surface area contributed by atoms with Gasteiger partial charge in [-0.15, -0.1) is 0 Å². The molecule has 0 radical (unpaired) electrons. The van der Waals surface area contributed by atoms with Crippen LogP contribution in [-0.2, 0) is 19.6 Å². The van der Waals surface area contributed by atoms with E-state index in [1.165, 1.54) is 48.5 Å². The lowest BCUT2D eigenvalue weighted by atomic mass is 9.94. The number of benzene rings is 3. The van der Waals surface area contributed by atoms with Crippen molar-refractivity contribution in [3.63, 3.8) is 0 Å². The summed E-state index contributed by atoms with van der Waals surface area (Å²) in [6.07, 6.45) is 0. The second-order valence-corrected chi connectivity index (χ2v) is 9.27. The van der Waals surface area contributed by atoms with E-state index in [0.29, 0.717) is 4.31 Å². The van der Waals surface area contributed by atoms with Crippen LogP contribution in [0.5, 0.6) is 0 Å². The van der Waals surface area contributed by atoms with Gasteiger partial charge < -0.3 is 10.0 Å². The van der Waals surface area contributed by atoms with Gasteiger partial charge in [-0.3, -0.25) is 9.59 Å². The number of rotatable bonds is 5. The second kappa shape index (κ2) is 8.72. The number of hydrogen-bond acceptors (Lipinski definition) is 4. The molecule has 1 heterocycles. The second-order valence-electron chi connectivity index (χ2n) is 7.38. The number of sulfonamides is 1. The van der Waals surface area contributed by atoms with Gasteiger partial charge >= 0.3 is 5.97 Å². The summed E-state index contributed by atoms with van der Waals surface area (Å²) in [6.45, 7) is -0.747. The molecule has 0 saturated carbocycles. The summed E-state index contributed by atoms with van der Waals surface area (Å²) in [7, 11) is -4.38. The lowest BCUT2D eigenvalue weighted by Crippen LogP contribution is -2.62. The number of piperazine rings is 1. The van der Waals surface area contributed by atoms with Crippen molar-refractivity contribution in [2.75, 3.05) is 11.4 Å². The minimum absolute atomic E-state index is 0.169. The van der Waals surface area contributed by atoms with Crippen LogP contribution < -0.4 is 4.90 Å². The minimum atomic E-state index is -4.38. The highest BCUT2D eigenvalue weighted by molar-refractivity contribution is 7.89. The molecule has 33 heavy (non-hydrogen) atoms. The van der Waals surface area contributed by atoms with Crippen molar-refractivity contribution in [3.05, 3.63) is 96.1 Å². The summed E-state index contributed by atoms with van der Waals surface area (Å²) in [5, 5.41) is 10.1. The van der Waals surface area contributed by atoms with Crippen LogP contribution in [0, 0.1) is 11.6 Å². The van der Waals surface area contributed by atoms with Crippen LogP contribution in [0.4, 0.5) is 14.5 Å². The monoisotopic (exact) mass is 472 g/mol. The molecule has 2 atom stereocenters. The number of aliphatic carboxylic acids is 1. The molecule has 10 heteroatoms. The predicted molar refractivity (Wildman–Crippen MR) is 115 cm³/mol. The Morgan fingerprint density at radius 2 is 1.42 bits per heavy atom. The van der Waals surface area contributed by atoms with E-state index in [-0.39, 0.29) is 16.1 Å². The molecule has 1 fully saturated rings. The number of carboxylic acids is 1. The Kier molecular flexibility index (Phi) is 5.96. The first kappa shape index (κ1) is 22.6. The quantitative estimate of drug-likeness (QED) is 0.616. The highest BCUT2D eigenvalue weighted by Crippen LogP contribution is 2.38. The molecule has 1 N–H and O–H groups in total. The first-order valence-corrected chi connectivity index (χ1v) is 11.3. The fraction of sp³-hybridized carbons (Fsp3) is 0.130. The van der Waals surface area contributed by atoms with Crippen LogP contribution in [0.25, 0.3) is 0 Å². The van der Waals surface area contributed by atoms with Crippen LogP contribution in [0.3, 0.4) is 0 Å². The topological polar surface area (TPSA) is 95.0 Å². The van der Waals surface area contributed by atoms with Crippen LogP contribution in [0.2, 0.25) is 0 Å². The maximum atomic E-state index is 13.6. The fourth-order valence-electron chi connectivity index (χ4n) is 3.88.